The maximum Gasteiger partial charge on any atom is 0.251 e. The van der Waals surface area contributed by atoms with Crippen LogP contribution in [0.1, 0.15) is 57.3 Å². The predicted octanol–water partition coefficient (Wildman–Crippen LogP) is 3.31. The fraction of sp³-hybridized carbons (Fsp3) is 0.667. The molecule has 1 amide bonds. The van der Waals surface area contributed by atoms with E-state index in [2.05, 4.69) is 31.4 Å². The molecule has 2 N–H and O–H groups in total. The van der Waals surface area contributed by atoms with E-state index in [0.717, 1.165) is 12.8 Å². The number of amides is 1. The van der Waals surface area contributed by atoms with Crippen LogP contribution in [-0.4, -0.2) is 45.3 Å². The molecule has 0 aromatic heterocycles. The van der Waals surface area contributed by atoms with Crippen molar-refractivity contribution in [1.29, 1.82) is 0 Å². The van der Waals surface area contributed by atoms with Crippen molar-refractivity contribution in [3.05, 3.63) is 23.8 Å². The van der Waals surface area contributed by atoms with E-state index < -0.39 is 10.0 Å². The Bertz CT molecular complexity index is 876. The van der Waals surface area contributed by atoms with Gasteiger partial charge in [0.1, 0.15) is 4.90 Å². The molecule has 0 aliphatic heterocycles. The average molecular weight is 408 g/mol. The van der Waals surface area contributed by atoms with Gasteiger partial charge in [0.05, 0.1) is 5.69 Å². The minimum Gasteiger partial charge on any atom is -0.387 e. The predicted molar refractivity (Wildman–Crippen MR) is 112 cm³/mol. The Morgan fingerprint density at radius 3 is 2.50 bits per heavy atom. The number of benzene rings is 1. The van der Waals surface area contributed by atoms with Crippen molar-refractivity contribution >= 4 is 21.6 Å². The SMILES string of the molecule is CCN(C)S(=O)(=O)c1cc(C(=O)NC2C(C)(C)[C@H]3CC[C@@]2(C)C3)ccc1NC. The van der Waals surface area contributed by atoms with Crippen molar-refractivity contribution in [3.63, 3.8) is 0 Å². The molecule has 2 bridgehead atoms. The summed E-state index contributed by atoms with van der Waals surface area (Å²) in [5.41, 5.74) is 1.03. The molecular weight excluding hydrogens is 374 g/mol. The second-order valence-corrected chi connectivity index (χ2v) is 11.2. The number of fused-ring (bicyclic) bond motifs is 2. The maximum absolute atomic E-state index is 13.1. The zero-order valence-electron chi connectivity index (χ0n) is 17.8. The number of nitrogens with one attached hydrogen (secondary N) is 2. The van der Waals surface area contributed by atoms with Crippen LogP contribution in [0.4, 0.5) is 5.69 Å². The lowest BCUT2D eigenvalue weighted by atomic mass is 9.68. The van der Waals surface area contributed by atoms with Gasteiger partial charge in [-0.15, -0.1) is 0 Å². The summed E-state index contributed by atoms with van der Waals surface area (Å²) in [5.74, 6) is 0.425. The van der Waals surface area contributed by atoms with Crippen LogP contribution in [0.3, 0.4) is 0 Å². The van der Waals surface area contributed by atoms with E-state index in [1.807, 2.05) is 0 Å². The van der Waals surface area contributed by atoms with Gasteiger partial charge in [-0.25, -0.2) is 12.7 Å². The summed E-state index contributed by atoms with van der Waals surface area (Å²) >= 11 is 0. The third-order valence-electron chi connectivity index (χ3n) is 7.19. The Kier molecular flexibility index (Phi) is 5.30. The van der Waals surface area contributed by atoms with Crippen molar-refractivity contribution in [2.75, 3.05) is 26.0 Å². The summed E-state index contributed by atoms with van der Waals surface area (Å²) in [6.07, 6.45) is 3.49. The fourth-order valence-corrected chi connectivity index (χ4v) is 6.70. The summed E-state index contributed by atoms with van der Waals surface area (Å²) in [5, 5.41) is 6.17. The molecule has 156 valence electrons. The fourth-order valence-electron chi connectivity index (χ4n) is 5.30. The highest BCUT2D eigenvalue weighted by molar-refractivity contribution is 7.89. The lowest BCUT2D eigenvalue weighted by Crippen LogP contribution is -2.52. The summed E-state index contributed by atoms with van der Waals surface area (Å²) in [6.45, 7) is 8.89. The van der Waals surface area contributed by atoms with Crippen LogP contribution in [0.5, 0.6) is 0 Å². The van der Waals surface area contributed by atoms with E-state index in [4.69, 9.17) is 0 Å². The second-order valence-electron chi connectivity index (χ2n) is 9.20. The number of carbonyl (C=O) groups is 1. The molecule has 1 aromatic rings. The van der Waals surface area contributed by atoms with Crippen molar-refractivity contribution < 1.29 is 13.2 Å². The highest BCUT2D eigenvalue weighted by atomic mass is 32.2. The third-order valence-corrected chi connectivity index (χ3v) is 9.16. The van der Waals surface area contributed by atoms with Crippen molar-refractivity contribution in [1.82, 2.24) is 9.62 Å². The van der Waals surface area contributed by atoms with Crippen LogP contribution in [0.25, 0.3) is 0 Å². The average Bonchev–Trinajstić information content (AvgIpc) is 3.14. The summed E-state index contributed by atoms with van der Waals surface area (Å²) in [6, 6.07) is 4.94. The van der Waals surface area contributed by atoms with E-state index in [1.165, 1.54) is 16.8 Å². The van der Waals surface area contributed by atoms with Crippen molar-refractivity contribution in [2.45, 2.75) is 57.9 Å². The third kappa shape index (κ3) is 3.22. The van der Waals surface area contributed by atoms with Gasteiger partial charge in [0, 0.05) is 32.2 Å². The number of hydrogen-bond acceptors (Lipinski definition) is 4. The summed E-state index contributed by atoms with van der Waals surface area (Å²) in [7, 11) is -0.446. The zero-order valence-corrected chi connectivity index (χ0v) is 18.6. The van der Waals surface area contributed by atoms with Crippen LogP contribution < -0.4 is 10.6 Å². The van der Waals surface area contributed by atoms with Gasteiger partial charge in [-0.05, 0) is 54.2 Å². The quantitative estimate of drug-likeness (QED) is 0.758. The van der Waals surface area contributed by atoms with E-state index in [9.17, 15) is 13.2 Å². The topological polar surface area (TPSA) is 78.5 Å². The van der Waals surface area contributed by atoms with E-state index in [-0.39, 0.29) is 27.7 Å². The number of sulfonamides is 1. The Labute approximate surface area is 169 Å². The minimum atomic E-state index is -3.67. The van der Waals surface area contributed by atoms with Gasteiger partial charge in [0.25, 0.3) is 5.91 Å². The standard InChI is InChI=1S/C21H33N3O3S/c1-7-24(6)28(26,27)17-12-14(8-9-16(17)22-5)18(25)23-19-20(2,3)15-10-11-21(19,4)13-15/h8-9,12,15,19,22H,7,10-11,13H2,1-6H3,(H,23,25)/t15-,19?,21-/m0/s1. The molecule has 2 saturated carbocycles. The molecule has 3 atom stereocenters. The first-order chi connectivity index (χ1) is 13.0. The number of anilines is 1. The molecule has 0 heterocycles. The molecule has 28 heavy (non-hydrogen) atoms. The molecular formula is C21H33N3O3S. The van der Waals surface area contributed by atoms with Gasteiger partial charge in [-0.1, -0.05) is 27.7 Å². The molecule has 7 heteroatoms. The minimum absolute atomic E-state index is 0.0465. The van der Waals surface area contributed by atoms with Crippen LogP contribution in [0.2, 0.25) is 0 Å². The van der Waals surface area contributed by atoms with Crippen LogP contribution >= 0.6 is 0 Å². The highest BCUT2D eigenvalue weighted by Gasteiger charge is 2.59. The Morgan fingerprint density at radius 1 is 1.29 bits per heavy atom. The molecule has 1 aromatic carbocycles. The molecule has 2 fully saturated rings. The van der Waals surface area contributed by atoms with Gasteiger partial charge in [-0.2, -0.15) is 0 Å². The smallest absolute Gasteiger partial charge is 0.251 e. The maximum atomic E-state index is 13.1. The zero-order chi connectivity index (χ0) is 20.9. The van der Waals surface area contributed by atoms with Gasteiger partial charge in [0.15, 0.2) is 0 Å². The van der Waals surface area contributed by atoms with Gasteiger partial charge >= 0.3 is 0 Å². The van der Waals surface area contributed by atoms with Crippen LogP contribution in [-0.2, 0) is 10.0 Å². The van der Waals surface area contributed by atoms with Crippen LogP contribution in [0.15, 0.2) is 23.1 Å². The number of rotatable bonds is 6. The van der Waals surface area contributed by atoms with Crippen molar-refractivity contribution in [2.24, 2.45) is 16.7 Å². The van der Waals surface area contributed by atoms with E-state index in [1.54, 1.807) is 33.2 Å². The Balaban J connectivity index is 1.92. The summed E-state index contributed by atoms with van der Waals surface area (Å²) in [4.78, 5) is 13.2. The second kappa shape index (κ2) is 7.02. The van der Waals surface area contributed by atoms with Crippen molar-refractivity contribution in [3.8, 4) is 0 Å². The first-order valence-corrected chi connectivity index (χ1v) is 11.5. The number of nitrogens with zero attached hydrogens (tertiary/aromatic N) is 1. The number of hydrogen-bond donors (Lipinski definition) is 2. The molecule has 0 saturated heterocycles. The van der Waals surface area contributed by atoms with Gasteiger partial charge in [0.2, 0.25) is 10.0 Å². The van der Waals surface area contributed by atoms with E-state index >= 15 is 0 Å². The summed E-state index contributed by atoms with van der Waals surface area (Å²) < 4.78 is 27.0. The Hall–Kier alpha value is -1.60. The molecule has 0 spiro atoms. The molecule has 1 unspecified atom stereocenters. The molecule has 2 aliphatic rings. The van der Waals surface area contributed by atoms with E-state index in [0.29, 0.717) is 23.7 Å². The van der Waals surface area contributed by atoms with Gasteiger partial charge in [-0.3, -0.25) is 4.79 Å². The molecule has 3 rings (SSSR count). The molecule has 0 radical (unpaired) electrons. The first kappa shape index (κ1) is 21.1. The normalized spacial score (nSPS) is 28.5. The largest absolute Gasteiger partial charge is 0.387 e. The van der Waals surface area contributed by atoms with Gasteiger partial charge < -0.3 is 10.6 Å². The lowest BCUT2D eigenvalue weighted by molar-refractivity contribution is 0.0737. The first-order valence-electron chi connectivity index (χ1n) is 10.1. The van der Waals surface area contributed by atoms with Crippen LogP contribution in [0, 0.1) is 16.7 Å². The highest BCUT2D eigenvalue weighted by Crippen LogP contribution is 2.62. The molecule has 6 nitrogen and oxygen atoms in total. The monoisotopic (exact) mass is 407 g/mol. The number of carbonyl (C=O) groups excluding carboxylic acids is 1. The Morgan fingerprint density at radius 2 is 1.96 bits per heavy atom. The lowest BCUT2D eigenvalue weighted by Gasteiger charge is -2.43. The molecule has 2 aliphatic carbocycles.